The van der Waals surface area contributed by atoms with Crippen LogP contribution in [0.5, 0.6) is 0 Å². The molecule has 6 nitrogen and oxygen atoms in total. The van der Waals surface area contributed by atoms with Gasteiger partial charge in [-0.1, -0.05) is 47.2 Å². The molecule has 0 radical (unpaired) electrons. The molecular weight excluding hydrogens is 506 g/mol. The van der Waals surface area contributed by atoms with Gasteiger partial charge in [0.25, 0.3) is 5.56 Å². The second-order valence-corrected chi connectivity index (χ2v) is 11.2. The van der Waals surface area contributed by atoms with Gasteiger partial charge in [0.15, 0.2) is 4.80 Å². The molecule has 8 heteroatoms. The number of hydrogen-bond acceptors (Lipinski definition) is 6. The van der Waals surface area contributed by atoms with Crippen LogP contribution >= 0.6 is 22.9 Å². The van der Waals surface area contributed by atoms with Crippen LogP contribution in [0.1, 0.15) is 56.3 Å². The van der Waals surface area contributed by atoms with Crippen LogP contribution in [0.3, 0.4) is 0 Å². The smallest absolute Gasteiger partial charge is 0.338 e. The molecule has 1 aromatic heterocycles. The number of nitrogens with zero attached hydrogens (tertiary/aromatic N) is 3. The summed E-state index contributed by atoms with van der Waals surface area (Å²) in [4.78, 5) is 34.7. The molecule has 0 bridgehead atoms. The third-order valence-corrected chi connectivity index (χ3v) is 8.12. The molecule has 5 rings (SSSR count). The zero-order chi connectivity index (χ0) is 26.3. The number of allylic oxidation sites excluding steroid dienone is 1. The third-order valence-electron chi connectivity index (χ3n) is 6.80. The fourth-order valence-corrected chi connectivity index (χ4v) is 6.26. The largest absolute Gasteiger partial charge is 0.459 e. The normalized spacial score (nSPS) is 17.8. The Morgan fingerprint density at radius 3 is 2.57 bits per heavy atom. The molecule has 1 fully saturated rings. The van der Waals surface area contributed by atoms with Crippen LogP contribution in [0.4, 0.5) is 5.69 Å². The summed E-state index contributed by atoms with van der Waals surface area (Å²) in [5.41, 5.74) is 4.61. The van der Waals surface area contributed by atoms with Crippen LogP contribution in [0.25, 0.3) is 6.08 Å². The van der Waals surface area contributed by atoms with E-state index in [0.29, 0.717) is 31.2 Å². The van der Waals surface area contributed by atoms with Crippen molar-refractivity contribution in [2.45, 2.75) is 52.7 Å². The second kappa shape index (κ2) is 10.3. The number of aryl methyl sites for hydroxylation is 1. The molecule has 0 saturated carbocycles. The number of hydrogen-bond donors (Lipinski definition) is 0. The summed E-state index contributed by atoms with van der Waals surface area (Å²) in [6, 6.07) is 12.9. The molecule has 2 aromatic carbocycles. The number of fused-ring (bicyclic) bond motifs is 1. The van der Waals surface area contributed by atoms with Gasteiger partial charge in [-0.05, 0) is 81.5 Å². The molecule has 0 spiro atoms. The lowest BCUT2D eigenvalue weighted by Crippen LogP contribution is -2.40. The Morgan fingerprint density at radius 2 is 1.89 bits per heavy atom. The number of esters is 1. The first kappa shape index (κ1) is 25.5. The van der Waals surface area contributed by atoms with Crippen molar-refractivity contribution in [2.24, 2.45) is 4.99 Å². The number of rotatable bonds is 5. The van der Waals surface area contributed by atoms with Crippen molar-refractivity contribution < 1.29 is 9.53 Å². The highest BCUT2D eigenvalue weighted by molar-refractivity contribution is 7.07. The maximum absolute atomic E-state index is 13.9. The number of halogens is 1. The average molecular weight is 536 g/mol. The van der Waals surface area contributed by atoms with Crippen molar-refractivity contribution in [3.63, 3.8) is 0 Å². The third kappa shape index (κ3) is 4.90. The van der Waals surface area contributed by atoms with E-state index in [-0.39, 0.29) is 11.7 Å². The molecule has 0 N–H and O–H groups in total. The molecule has 0 amide bonds. The maximum atomic E-state index is 13.9. The number of benzene rings is 2. The van der Waals surface area contributed by atoms with E-state index in [1.54, 1.807) is 31.4 Å². The minimum atomic E-state index is -0.725. The molecule has 2 aliphatic rings. The van der Waals surface area contributed by atoms with Crippen molar-refractivity contribution in [2.75, 3.05) is 18.0 Å². The Morgan fingerprint density at radius 1 is 1.16 bits per heavy atom. The van der Waals surface area contributed by atoms with Crippen molar-refractivity contribution in [3.8, 4) is 0 Å². The molecule has 1 atom stereocenters. The van der Waals surface area contributed by atoms with Crippen LogP contribution in [0.2, 0.25) is 5.02 Å². The Labute approximate surface area is 225 Å². The molecule has 192 valence electrons. The maximum Gasteiger partial charge on any atom is 0.338 e. The Hall–Kier alpha value is -3.16. The van der Waals surface area contributed by atoms with Crippen LogP contribution in [-0.4, -0.2) is 29.7 Å². The molecule has 0 aliphatic carbocycles. The van der Waals surface area contributed by atoms with Crippen molar-refractivity contribution >= 4 is 40.7 Å². The summed E-state index contributed by atoms with van der Waals surface area (Å²) >= 11 is 7.92. The highest BCUT2D eigenvalue weighted by Gasteiger charge is 2.34. The predicted octanol–water partition coefficient (Wildman–Crippen LogP) is 4.75. The van der Waals surface area contributed by atoms with E-state index in [2.05, 4.69) is 35.0 Å². The van der Waals surface area contributed by atoms with Gasteiger partial charge in [0.1, 0.15) is 6.04 Å². The fraction of sp³-hybridized carbons (Fsp3) is 0.345. The first-order valence-corrected chi connectivity index (χ1v) is 13.8. The highest BCUT2D eigenvalue weighted by atomic mass is 35.5. The lowest BCUT2D eigenvalue weighted by atomic mass is 9.96. The number of ether oxygens (including phenoxy) is 1. The van der Waals surface area contributed by atoms with E-state index < -0.39 is 12.0 Å². The number of anilines is 1. The highest BCUT2D eigenvalue weighted by Crippen LogP contribution is 2.34. The van der Waals surface area contributed by atoms with Gasteiger partial charge in [0.05, 0.1) is 21.9 Å². The summed E-state index contributed by atoms with van der Waals surface area (Å²) in [6.45, 7) is 9.61. The molecular formula is C29H30ClN3O3S. The summed E-state index contributed by atoms with van der Waals surface area (Å²) in [5, 5.41) is 0.472. The standard InChI is InChI=1S/C29H30ClN3O3S/c1-17(2)36-28(35)25-19(4)31-29-33(26(25)22-9-5-6-10-23(22)30)27(34)24(37-29)16-20-11-12-21(15-18(20)3)32-13-7-8-14-32/h5-6,9-12,15-17,26H,7-8,13-14H2,1-4H3. The second-order valence-electron chi connectivity index (χ2n) is 9.79. The SMILES string of the molecule is CC1=C(C(=O)OC(C)C)C(c2ccccc2Cl)n2c(sc(=Cc3ccc(N4CCCC4)cc3C)c2=O)=N1. The number of carbonyl (C=O) groups excluding carboxylic acids is 1. The summed E-state index contributed by atoms with van der Waals surface area (Å²) in [5.74, 6) is -0.496. The van der Waals surface area contributed by atoms with Gasteiger partial charge < -0.3 is 9.64 Å². The van der Waals surface area contributed by atoms with Gasteiger partial charge in [0.2, 0.25) is 0 Å². The Balaban J connectivity index is 1.65. The number of aromatic nitrogens is 1. The Bertz CT molecular complexity index is 1580. The molecule has 1 saturated heterocycles. The summed E-state index contributed by atoms with van der Waals surface area (Å²) < 4.78 is 7.69. The average Bonchev–Trinajstić information content (AvgIpc) is 3.48. The number of carbonyl (C=O) groups is 1. The first-order chi connectivity index (χ1) is 17.7. The van der Waals surface area contributed by atoms with E-state index >= 15 is 0 Å². The summed E-state index contributed by atoms with van der Waals surface area (Å²) in [6.07, 6.45) is 4.05. The van der Waals surface area contributed by atoms with E-state index in [9.17, 15) is 9.59 Å². The van der Waals surface area contributed by atoms with Gasteiger partial charge in [-0.25, -0.2) is 9.79 Å². The van der Waals surface area contributed by atoms with Crippen molar-refractivity contribution in [1.82, 2.24) is 4.57 Å². The minimum absolute atomic E-state index is 0.209. The van der Waals surface area contributed by atoms with Gasteiger partial charge in [-0.3, -0.25) is 9.36 Å². The lowest BCUT2D eigenvalue weighted by Gasteiger charge is -2.26. The van der Waals surface area contributed by atoms with Gasteiger partial charge in [-0.15, -0.1) is 0 Å². The van der Waals surface area contributed by atoms with E-state index in [4.69, 9.17) is 16.3 Å². The molecule has 2 aliphatic heterocycles. The van der Waals surface area contributed by atoms with Gasteiger partial charge in [0, 0.05) is 23.8 Å². The van der Waals surface area contributed by atoms with Crippen LogP contribution in [0.15, 0.2) is 63.5 Å². The van der Waals surface area contributed by atoms with Crippen LogP contribution in [-0.2, 0) is 9.53 Å². The van der Waals surface area contributed by atoms with Crippen LogP contribution in [0, 0.1) is 6.92 Å². The van der Waals surface area contributed by atoms with Gasteiger partial charge >= 0.3 is 5.97 Å². The molecule has 1 unspecified atom stereocenters. The van der Waals surface area contributed by atoms with E-state index in [1.165, 1.54) is 29.9 Å². The predicted molar refractivity (Wildman–Crippen MR) is 149 cm³/mol. The zero-order valence-corrected chi connectivity index (χ0v) is 23.0. The lowest BCUT2D eigenvalue weighted by molar-refractivity contribution is -0.143. The summed E-state index contributed by atoms with van der Waals surface area (Å²) in [7, 11) is 0. The van der Waals surface area contributed by atoms with Crippen molar-refractivity contribution in [3.05, 3.63) is 95.1 Å². The minimum Gasteiger partial charge on any atom is -0.459 e. The topological polar surface area (TPSA) is 63.9 Å². The molecule has 37 heavy (non-hydrogen) atoms. The van der Waals surface area contributed by atoms with E-state index in [1.807, 2.05) is 24.3 Å². The van der Waals surface area contributed by atoms with Crippen molar-refractivity contribution in [1.29, 1.82) is 0 Å². The molecule has 3 aromatic rings. The quantitative estimate of drug-likeness (QED) is 0.442. The van der Waals surface area contributed by atoms with Gasteiger partial charge in [-0.2, -0.15) is 0 Å². The zero-order valence-electron chi connectivity index (χ0n) is 21.5. The Kier molecular flexibility index (Phi) is 7.10. The monoisotopic (exact) mass is 535 g/mol. The van der Waals surface area contributed by atoms with Crippen LogP contribution < -0.4 is 19.8 Å². The first-order valence-electron chi connectivity index (χ1n) is 12.6. The van der Waals surface area contributed by atoms with E-state index in [0.717, 1.165) is 24.2 Å². The molecule has 3 heterocycles. The number of thiazole rings is 1. The fourth-order valence-electron chi connectivity index (χ4n) is 4.99.